The zero-order valence-electron chi connectivity index (χ0n) is 17.2. The fraction of sp³-hybridized carbons (Fsp3) is 0.364. The van der Waals surface area contributed by atoms with Crippen molar-refractivity contribution in [1.82, 2.24) is 20.1 Å². The van der Waals surface area contributed by atoms with Gasteiger partial charge in [-0.3, -0.25) is 10.2 Å². The summed E-state index contributed by atoms with van der Waals surface area (Å²) in [5.41, 5.74) is 3.61. The molecule has 0 aliphatic carbocycles. The monoisotopic (exact) mass is 413 g/mol. The van der Waals surface area contributed by atoms with Gasteiger partial charge in [0.1, 0.15) is 5.82 Å². The number of nitrogen functional groups attached to an aromatic ring is 1. The Morgan fingerprint density at radius 3 is 2.43 bits per heavy atom. The molecule has 160 valence electrons. The van der Waals surface area contributed by atoms with Gasteiger partial charge in [0.05, 0.1) is 6.54 Å². The molecule has 30 heavy (non-hydrogen) atoms. The largest absolute Gasteiger partial charge is 0.322 e. The summed E-state index contributed by atoms with van der Waals surface area (Å²) in [5, 5.41) is 0. The van der Waals surface area contributed by atoms with Crippen LogP contribution < -0.4 is 11.3 Å². The standard InChI is InChI=1S/C22H28FN5O2/c1-26-11-13-27(14-12-26)22(30)28(10-9-17-5-3-2-4-6-17)16-19-8-7-18(15-20(19)23)21(29)25-24/h2-8,15H,9-14,16,24H2,1H3,(H,25,29). The van der Waals surface area contributed by atoms with Crippen LogP contribution in [0.4, 0.5) is 9.18 Å². The van der Waals surface area contributed by atoms with Crippen LogP contribution in [0.5, 0.6) is 0 Å². The molecule has 7 nitrogen and oxygen atoms in total. The first-order valence-corrected chi connectivity index (χ1v) is 10.0. The summed E-state index contributed by atoms with van der Waals surface area (Å²) < 4.78 is 14.6. The van der Waals surface area contributed by atoms with E-state index in [2.05, 4.69) is 4.90 Å². The van der Waals surface area contributed by atoms with E-state index in [1.165, 1.54) is 12.1 Å². The number of urea groups is 1. The molecular weight excluding hydrogens is 385 g/mol. The Morgan fingerprint density at radius 1 is 1.10 bits per heavy atom. The van der Waals surface area contributed by atoms with Crippen molar-refractivity contribution in [3.05, 3.63) is 71.0 Å². The van der Waals surface area contributed by atoms with Gasteiger partial charge in [-0.1, -0.05) is 36.4 Å². The summed E-state index contributed by atoms with van der Waals surface area (Å²) in [6.45, 7) is 3.53. The number of carbonyl (C=O) groups is 2. The Morgan fingerprint density at radius 2 is 1.80 bits per heavy atom. The Bertz CT molecular complexity index is 869. The maximum atomic E-state index is 14.6. The van der Waals surface area contributed by atoms with Gasteiger partial charge >= 0.3 is 6.03 Å². The van der Waals surface area contributed by atoms with Crippen LogP contribution in [0.2, 0.25) is 0 Å². The van der Waals surface area contributed by atoms with E-state index in [-0.39, 0.29) is 18.1 Å². The molecule has 1 aliphatic heterocycles. The number of nitrogens with zero attached hydrogens (tertiary/aromatic N) is 3. The highest BCUT2D eigenvalue weighted by Gasteiger charge is 2.25. The van der Waals surface area contributed by atoms with Crippen molar-refractivity contribution in [2.75, 3.05) is 39.8 Å². The quantitative estimate of drug-likeness (QED) is 0.430. The lowest BCUT2D eigenvalue weighted by atomic mass is 10.1. The van der Waals surface area contributed by atoms with E-state index in [1.807, 2.05) is 47.7 Å². The highest BCUT2D eigenvalue weighted by molar-refractivity contribution is 5.93. The Balaban J connectivity index is 1.76. The SMILES string of the molecule is CN1CCN(C(=O)N(CCc2ccccc2)Cc2ccc(C(=O)NN)cc2F)CC1. The van der Waals surface area contributed by atoms with Crippen LogP contribution in [-0.2, 0) is 13.0 Å². The van der Waals surface area contributed by atoms with E-state index in [0.717, 1.165) is 24.7 Å². The molecule has 2 aromatic carbocycles. The average molecular weight is 413 g/mol. The van der Waals surface area contributed by atoms with Crippen LogP contribution >= 0.6 is 0 Å². The first-order valence-electron chi connectivity index (χ1n) is 10.0. The molecule has 0 spiro atoms. The zero-order valence-corrected chi connectivity index (χ0v) is 17.2. The molecule has 1 aliphatic rings. The Hall–Kier alpha value is -2.97. The van der Waals surface area contributed by atoms with E-state index in [9.17, 15) is 14.0 Å². The second-order valence-corrected chi connectivity index (χ2v) is 7.51. The molecule has 0 bridgehead atoms. The van der Waals surface area contributed by atoms with Gasteiger partial charge in [-0.15, -0.1) is 0 Å². The molecule has 2 aromatic rings. The van der Waals surface area contributed by atoms with Crippen molar-refractivity contribution in [2.24, 2.45) is 5.84 Å². The van der Waals surface area contributed by atoms with Gasteiger partial charge in [0.2, 0.25) is 0 Å². The minimum Gasteiger partial charge on any atom is -0.322 e. The van der Waals surface area contributed by atoms with Crippen molar-refractivity contribution in [3.8, 4) is 0 Å². The minimum atomic E-state index is -0.560. The van der Waals surface area contributed by atoms with E-state index in [1.54, 1.807) is 4.90 Å². The number of hydrazine groups is 1. The lowest BCUT2D eigenvalue weighted by Crippen LogP contribution is -2.52. The minimum absolute atomic E-state index is 0.0952. The maximum Gasteiger partial charge on any atom is 0.320 e. The van der Waals surface area contributed by atoms with E-state index in [0.29, 0.717) is 31.6 Å². The molecule has 0 atom stereocenters. The number of halogens is 1. The van der Waals surface area contributed by atoms with Crippen LogP contribution in [0.1, 0.15) is 21.5 Å². The molecule has 0 unspecified atom stereocenters. The van der Waals surface area contributed by atoms with Gasteiger partial charge in [-0.2, -0.15) is 0 Å². The van der Waals surface area contributed by atoms with Crippen molar-refractivity contribution in [2.45, 2.75) is 13.0 Å². The summed E-state index contributed by atoms with van der Waals surface area (Å²) in [6, 6.07) is 14.0. The lowest BCUT2D eigenvalue weighted by molar-refractivity contribution is 0.0952. The van der Waals surface area contributed by atoms with Gasteiger partial charge in [0.15, 0.2) is 0 Å². The molecule has 1 fully saturated rings. The second kappa shape index (κ2) is 10.2. The van der Waals surface area contributed by atoms with Crippen molar-refractivity contribution < 1.29 is 14.0 Å². The van der Waals surface area contributed by atoms with E-state index < -0.39 is 11.7 Å². The molecule has 3 rings (SSSR count). The summed E-state index contributed by atoms with van der Waals surface area (Å²) in [4.78, 5) is 30.5. The first-order chi connectivity index (χ1) is 14.5. The van der Waals surface area contributed by atoms with E-state index >= 15 is 0 Å². The smallest absolute Gasteiger partial charge is 0.320 e. The normalized spacial score (nSPS) is 14.4. The third-order valence-electron chi connectivity index (χ3n) is 5.37. The average Bonchev–Trinajstić information content (AvgIpc) is 2.77. The molecule has 1 heterocycles. The predicted octanol–water partition coefficient (Wildman–Crippen LogP) is 1.84. The number of rotatable bonds is 6. The van der Waals surface area contributed by atoms with Crippen LogP contribution in [0, 0.1) is 5.82 Å². The van der Waals surface area contributed by atoms with Crippen molar-refractivity contribution >= 4 is 11.9 Å². The highest BCUT2D eigenvalue weighted by atomic mass is 19.1. The number of piperazine rings is 1. The first kappa shape index (κ1) is 21.7. The van der Waals surface area contributed by atoms with Gasteiger partial charge in [-0.25, -0.2) is 15.0 Å². The third kappa shape index (κ3) is 5.55. The van der Waals surface area contributed by atoms with Crippen molar-refractivity contribution in [1.29, 1.82) is 0 Å². The highest BCUT2D eigenvalue weighted by Crippen LogP contribution is 2.16. The number of hydrogen-bond donors (Lipinski definition) is 2. The summed E-state index contributed by atoms with van der Waals surface area (Å²) in [6.07, 6.45) is 0.676. The zero-order chi connectivity index (χ0) is 21.5. The Kier molecular flexibility index (Phi) is 7.37. The van der Waals surface area contributed by atoms with Gasteiger partial charge < -0.3 is 14.7 Å². The maximum absolute atomic E-state index is 14.6. The molecular formula is C22H28FN5O2. The molecule has 3 amide bonds. The molecule has 0 aromatic heterocycles. The Labute approximate surface area is 176 Å². The fourth-order valence-electron chi connectivity index (χ4n) is 3.45. The molecule has 3 N–H and O–H groups in total. The van der Waals surface area contributed by atoms with Crippen LogP contribution in [0.15, 0.2) is 48.5 Å². The van der Waals surface area contributed by atoms with Crippen LogP contribution in [-0.4, -0.2) is 66.4 Å². The predicted molar refractivity (Wildman–Crippen MR) is 113 cm³/mol. The molecule has 0 radical (unpaired) electrons. The number of amides is 3. The number of likely N-dealkylation sites (N-methyl/N-ethyl adjacent to an activating group) is 1. The van der Waals surface area contributed by atoms with Gasteiger partial charge in [0.25, 0.3) is 5.91 Å². The van der Waals surface area contributed by atoms with Crippen LogP contribution in [0.25, 0.3) is 0 Å². The molecule has 0 saturated carbocycles. The summed E-state index contributed by atoms with van der Waals surface area (Å²) in [5.74, 6) is 4.02. The number of nitrogens with two attached hydrogens (primary N) is 1. The van der Waals surface area contributed by atoms with Crippen molar-refractivity contribution in [3.63, 3.8) is 0 Å². The second-order valence-electron chi connectivity index (χ2n) is 7.51. The topological polar surface area (TPSA) is 81.9 Å². The number of nitrogens with one attached hydrogen (secondary N) is 1. The lowest BCUT2D eigenvalue weighted by Gasteiger charge is -2.36. The number of carbonyl (C=O) groups excluding carboxylic acids is 2. The van der Waals surface area contributed by atoms with Gasteiger partial charge in [0, 0.05) is 43.9 Å². The summed E-state index contributed by atoms with van der Waals surface area (Å²) >= 11 is 0. The molecule has 8 heteroatoms. The third-order valence-corrected chi connectivity index (χ3v) is 5.37. The fourth-order valence-corrected chi connectivity index (χ4v) is 3.45. The van der Waals surface area contributed by atoms with Crippen LogP contribution in [0.3, 0.4) is 0 Å². The van der Waals surface area contributed by atoms with Gasteiger partial charge in [-0.05, 0) is 31.2 Å². The van der Waals surface area contributed by atoms with E-state index in [4.69, 9.17) is 5.84 Å². The molecule has 1 saturated heterocycles. The summed E-state index contributed by atoms with van der Waals surface area (Å²) in [7, 11) is 2.03. The number of hydrogen-bond acceptors (Lipinski definition) is 4. The number of benzene rings is 2.